The third-order valence-corrected chi connectivity index (χ3v) is 4.05. The number of carbonyl (C=O) groups is 1. The van der Waals surface area contributed by atoms with Crippen LogP contribution in [0.5, 0.6) is 11.5 Å². The molecule has 1 atom stereocenters. The van der Waals surface area contributed by atoms with Gasteiger partial charge in [-0.05, 0) is 53.9 Å². The standard InChI is InChI=1S/C21H18O3/c22-18-10-6-16(7-11-18)20(14-15-4-2-1-3-5-15)21(24)17-8-12-19(23)13-9-17/h1-13,20,22-23H,14H2. The molecule has 0 spiro atoms. The van der Waals surface area contributed by atoms with Crippen molar-refractivity contribution in [3.8, 4) is 11.5 Å². The SMILES string of the molecule is O=C(c1ccc(O)cc1)C(Cc1ccccc1)c1ccc(O)cc1. The summed E-state index contributed by atoms with van der Waals surface area (Å²) in [5.41, 5.74) is 2.49. The average Bonchev–Trinajstić information content (AvgIpc) is 2.62. The minimum atomic E-state index is -0.349. The molecule has 0 aliphatic rings. The van der Waals surface area contributed by atoms with Crippen molar-refractivity contribution in [2.24, 2.45) is 0 Å². The third kappa shape index (κ3) is 3.63. The van der Waals surface area contributed by atoms with E-state index in [2.05, 4.69) is 0 Å². The van der Waals surface area contributed by atoms with E-state index < -0.39 is 0 Å². The molecule has 24 heavy (non-hydrogen) atoms. The van der Waals surface area contributed by atoms with Crippen molar-refractivity contribution in [1.29, 1.82) is 0 Å². The Bertz CT molecular complexity index is 806. The monoisotopic (exact) mass is 318 g/mol. The highest BCUT2D eigenvalue weighted by Gasteiger charge is 2.22. The van der Waals surface area contributed by atoms with Gasteiger partial charge >= 0.3 is 0 Å². The van der Waals surface area contributed by atoms with Crippen LogP contribution < -0.4 is 0 Å². The molecular weight excluding hydrogens is 300 g/mol. The first-order valence-corrected chi connectivity index (χ1v) is 7.79. The summed E-state index contributed by atoms with van der Waals surface area (Å²) >= 11 is 0. The van der Waals surface area contributed by atoms with E-state index in [9.17, 15) is 15.0 Å². The second-order valence-electron chi connectivity index (χ2n) is 5.74. The van der Waals surface area contributed by atoms with Gasteiger partial charge in [-0.25, -0.2) is 0 Å². The Labute approximate surface area is 140 Å². The molecule has 3 heteroatoms. The van der Waals surface area contributed by atoms with E-state index in [1.54, 1.807) is 36.4 Å². The highest BCUT2D eigenvalue weighted by molar-refractivity contribution is 6.01. The van der Waals surface area contributed by atoms with Crippen molar-refractivity contribution in [1.82, 2.24) is 0 Å². The Morgan fingerprint density at radius 1 is 0.750 bits per heavy atom. The van der Waals surface area contributed by atoms with E-state index in [0.717, 1.165) is 11.1 Å². The molecule has 0 aliphatic heterocycles. The van der Waals surface area contributed by atoms with E-state index in [0.29, 0.717) is 12.0 Å². The Morgan fingerprint density at radius 3 is 1.88 bits per heavy atom. The molecule has 120 valence electrons. The van der Waals surface area contributed by atoms with Gasteiger partial charge in [-0.1, -0.05) is 42.5 Å². The Morgan fingerprint density at radius 2 is 1.29 bits per heavy atom. The van der Waals surface area contributed by atoms with E-state index in [1.807, 2.05) is 30.3 Å². The number of phenolic OH excluding ortho intramolecular Hbond substituents is 2. The molecule has 0 radical (unpaired) electrons. The van der Waals surface area contributed by atoms with Crippen LogP contribution in [0.4, 0.5) is 0 Å². The van der Waals surface area contributed by atoms with Crippen LogP contribution in [0.15, 0.2) is 78.9 Å². The molecular formula is C21H18O3. The molecule has 0 saturated heterocycles. The van der Waals surface area contributed by atoms with Crippen molar-refractivity contribution in [2.75, 3.05) is 0 Å². The van der Waals surface area contributed by atoms with Gasteiger partial charge in [0.2, 0.25) is 0 Å². The lowest BCUT2D eigenvalue weighted by molar-refractivity contribution is 0.0959. The number of benzene rings is 3. The maximum absolute atomic E-state index is 13.0. The molecule has 0 aliphatic carbocycles. The zero-order chi connectivity index (χ0) is 16.9. The fraction of sp³-hybridized carbons (Fsp3) is 0.0952. The fourth-order valence-corrected chi connectivity index (χ4v) is 2.75. The Balaban J connectivity index is 1.96. The zero-order valence-electron chi connectivity index (χ0n) is 13.1. The van der Waals surface area contributed by atoms with Crippen LogP contribution >= 0.6 is 0 Å². The molecule has 2 N–H and O–H groups in total. The number of hydrogen-bond acceptors (Lipinski definition) is 3. The lowest BCUT2D eigenvalue weighted by atomic mass is 9.85. The summed E-state index contributed by atoms with van der Waals surface area (Å²) in [6.07, 6.45) is 0.575. The summed E-state index contributed by atoms with van der Waals surface area (Å²) in [7, 11) is 0. The smallest absolute Gasteiger partial charge is 0.170 e. The molecule has 0 saturated carbocycles. The summed E-state index contributed by atoms with van der Waals surface area (Å²) in [6.45, 7) is 0. The van der Waals surface area contributed by atoms with Gasteiger partial charge in [-0.15, -0.1) is 0 Å². The quantitative estimate of drug-likeness (QED) is 0.689. The fourth-order valence-electron chi connectivity index (χ4n) is 2.75. The zero-order valence-corrected chi connectivity index (χ0v) is 13.1. The van der Waals surface area contributed by atoms with Crippen LogP contribution in [0, 0.1) is 0 Å². The van der Waals surface area contributed by atoms with Crippen LogP contribution in [-0.2, 0) is 6.42 Å². The van der Waals surface area contributed by atoms with Gasteiger partial charge in [0.05, 0.1) is 5.92 Å². The normalized spacial score (nSPS) is 11.8. The number of carbonyl (C=O) groups excluding carboxylic acids is 1. The lowest BCUT2D eigenvalue weighted by Gasteiger charge is -2.17. The van der Waals surface area contributed by atoms with Crippen LogP contribution in [0.2, 0.25) is 0 Å². The Hall–Kier alpha value is -3.07. The highest BCUT2D eigenvalue weighted by atomic mass is 16.3. The summed E-state index contributed by atoms with van der Waals surface area (Å²) in [5, 5.41) is 18.9. The molecule has 0 heterocycles. The van der Waals surface area contributed by atoms with Gasteiger partial charge in [0.15, 0.2) is 5.78 Å². The highest BCUT2D eigenvalue weighted by Crippen LogP contribution is 2.27. The van der Waals surface area contributed by atoms with E-state index in [1.165, 1.54) is 12.1 Å². The van der Waals surface area contributed by atoms with E-state index >= 15 is 0 Å². The number of aromatic hydroxyl groups is 2. The molecule has 1 unspecified atom stereocenters. The molecule has 0 fully saturated rings. The van der Waals surface area contributed by atoms with Crippen LogP contribution in [0.1, 0.15) is 27.4 Å². The van der Waals surface area contributed by atoms with Gasteiger partial charge in [0.25, 0.3) is 0 Å². The van der Waals surface area contributed by atoms with Gasteiger partial charge in [0.1, 0.15) is 11.5 Å². The van der Waals surface area contributed by atoms with E-state index in [-0.39, 0.29) is 23.2 Å². The number of Topliss-reactive ketones (excluding diaryl/α,β-unsaturated/α-hetero) is 1. The van der Waals surface area contributed by atoms with Crippen LogP contribution in [0.25, 0.3) is 0 Å². The first-order valence-electron chi connectivity index (χ1n) is 7.79. The van der Waals surface area contributed by atoms with Gasteiger partial charge in [-0.2, -0.15) is 0 Å². The molecule has 0 aromatic heterocycles. The first-order chi connectivity index (χ1) is 11.6. The summed E-state index contributed by atoms with van der Waals surface area (Å²) in [4.78, 5) is 13.0. The number of ketones is 1. The Kier molecular flexibility index (Phi) is 4.62. The van der Waals surface area contributed by atoms with Crippen molar-refractivity contribution >= 4 is 5.78 Å². The maximum Gasteiger partial charge on any atom is 0.170 e. The predicted octanol–water partition coefficient (Wildman–Crippen LogP) is 4.31. The maximum atomic E-state index is 13.0. The molecule has 0 amide bonds. The number of rotatable bonds is 5. The summed E-state index contributed by atoms with van der Waals surface area (Å²) in [5.74, 6) is -0.0489. The number of hydrogen-bond donors (Lipinski definition) is 2. The minimum absolute atomic E-state index is 0.00968. The second-order valence-corrected chi connectivity index (χ2v) is 5.74. The molecule has 3 aromatic carbocycles. The summed E-state index contributed by atoms with van der Waals surface area (Å²) in [6, 6.07) is 22.9. The number of phenols is 2. The van der Waals surface area contributed by atoms with Crippen molar-refractivity contribution in [3.05, 3.63) is 95.6 Å². The first kappa shape index (κ1) is 15.8. The van der Waals surface area contributed by atoms with Gasteiger partial charge in [-0.3, -0.25) is 4.79 Å². The van der Waals surface area contributed by atoms with Crippen LogP contribution in [0.3, 0.4) is 0 Å². The largest absolute Gasteiger partial charge is 0.508 e. The molecule has 0 bridgehead atoms. The predicted molar refractivity (Wildman–Crippen MR) is 93.4 cm³/mol. The molecule has 3 aromatic rings. The van der Waals surface area contributed by atoms with Gasteiger partial charge < -0.3 is 10.2 Å². The van der Waals surface area contributed by atoms with Crippen molar-refractivity contribution in [2.45, 2.75) is 12.3 Å². The molecule has 3 nitrogen and oxygen atoms in total. The summed E-state index contributed by atoms with van der Waals surface area (Å²) < 4.78 is 0. The van der Waals surface area contributed by atoms with Crippen molar-refractivity contribution < 1.29 is 15.0 Å². The van der Waals surface area contributed by atoms with Crippen molar-refractivity contribution in [3.63, 3.8) is 0 Å². The van der Waals surface area contributed by atoms with Gasteiger partial charge in [0, 0.05) is 5.56 Å². The second kappa shape index (κ2) is 7.01. The van der Waals surface area contributed by atoms with E-state index in [4.69, 9.17) is 0 Å². The molecule has 3 rings (SSSR count). The average molecular weight is 318 g/mol. The third-order valence-electron chi connectivity index (χ3n) is 4.05. The topological polar surface area (TPSA) is 57.5 Å². The minimum Gasteiger partial charge on any atom is -0.508 e. The lowest BCUT2D eigenvalue weighted by Crippen LogP contribution is -2.15. The van der Waals surface area contributed by atoms with Crippen LogP contribution in [-0.4, -0.2) is 16.0 Å².